The Balaban J connectivity index is 1.94. The van der Waals surface area contributed by atoms with E-state index in [9.17, 15) is 18.3 Å². The predicted molar refractivity (Wildman–Crippen MR) is 91.4 cm³/mol. The summed E-state index contributed by atoms with van der Waals surface area (Å²) in [6, 6.07) is 8.88. The van der Waals surface area contributed by atoms with E-state index in [4.69, 9.17) is 11.6 Å². The first-order valence-electron chi connectivity index (χ1n) is 6.79. The Hall–Kier alpha value is -2.58. The molecule has 0 saturated heterocycles. The molecule has 124 valence electrons. The number of Topliss-reactive ketones (excluding diaryl/α,β-unsaturated/α-hetero) is 1. The number of hydrogen-bond acceptors (Lipinski definition) is 6. The van der Waals surface area contributed by atoms with Crippen molar-refractivity contribution in [3.05, 3.63) is 47.0 Å². The molecular weight excluding hydrogens is 354 g/mol. The first-order chi connectivity index (χ1) is 11.3. The predicted octanol–water partition coefficient (Wildman–Crippen LogP) is 2.83. The monoisotopic (exact) mass is 365 g/mol. The zero-order valence-corrected chi connectivity index (χ0v) is 13.9. The van der Waals surface area contributed by atoms with Gasteiger partial charge in [0.2, 0.25) is 5.96 Å². The second-order valence-corrected chi connectivity index (χ2v) is 7.11. The van der Waals surface area contributed by atoms with Gasteiger partial charge in [0, 0.05) is 22.3 Å². The SMILES string of the molecule is CC(=O)c1ccc(NC2=NS(=O)(=O)c3cc(Cl)cc(O)c3N2)cc1. The van der Waals surface area contributed by atoms with Gasteiger partial charge in [0.05, 0.1) is 0 Å². The summed E-state index contributed by atoms with van der Waals surface area (Å²) in [5.41, 5.74) is 1.06. The van der Waals surface area contributed by atoms with Crippen LogP contribution in [0.3, 0.4) is 0 Å². The number of guanidine groups is 1. The molecule has 0 bridgehead atoms. The average Bonchev–Trinajstić information content (AvgIpc) is 2.48. The lowest BCUT2D eigenvalue weighted by atomic mass is 10.1. The number of fused-ring (bicyclic) bond motifs is 1. The van der Waals surface area contributed by atoms with Gasteiger partial charge in [-0.3, -0.25) is 4.79 Å². The lowest BCUT2D eigenvalue weighted by Crippen LogP contribution is -2.28. The minimum absolute atomic E-state index is 0.00254. The molecule has 0 saturated carbocycles. The number of aromatic hydroxyl groups is 1. The van der Waals surface area contributed by atoms with E-state index in [1.54, 1.807) is 24.3 Å². The van der Waals surface area contributed by atoms with Crippen LogP contribution in [0.4, 0.5) is 11.4 Å². The molecule has 1 heterocycles. The molecule has 0 radical (unpaired) electrons. The Morgan fingerprint density at radius 1 is 1.25 bits per heavy atom. The van der Waals surface area contributed by atoms with Gasteiger partial charge < -0.3 is 15.7 Å². The fourth-order valence-electron chi connectivity index (χ4n) is 2.19. The smallest absolute Gasteiger partial charge is 0.287 e. The minimum atomic E-state index is -4.01. The van der Waals surface area contributed by atoms with Crippen LogP contribution in [-0.2, 0) is 10.0 Å². The van der Waals surface area contributed by atoms with Gasteiger partial charge in [0.1, 0.15) is 16.3 Å². The van der Waals surface area contributed by atoms with Crippen LogP contribution in [0, 0.1) is 0 Å². The van der Waals surface area contributed by atoms with Crippen molar-refractivity contribution in [1.29, 1.82) is 0 Å². The van der Waals surface area contributed by atoms with Crippen LogP contribution < -0.4 is 10.6 Å². The first kappa shape index (κ1) is 16.3. The number of nitrogens with one attached hydrogen (secondary N) is 2. The number of anilines is 2. The molecule has 2 aromatic rings. The van der Waals surface area contributed by atoms with Crippen LogP contribution in [-0.4, -0.2) is 25.3 Å². The quantitative estimate of drug-likeness (QED) is 0.558. The highest BCUT2D eigenvalue weighted by Gasteiger charge is 2.28. The van der Waals surface area contributed by atoms with Gasteiger partial charge in [-0.25, -0.2) is 0 Å². The van der Waals surface area contributed by atoms with Gasteiger partial charge >= 0.3 is 0 Å². The number of phenolic OH excluding ortho intramolecular Hbond substituents is 1. The number of carbonyl (C=O) groups excluding carboxylic acids is 1. The molecule has 7 nitrogen and oxygen atoms in total. The highest BCUT2D eigenvalue weighted by molar-refractivity contribution is 7.90. The van der Waals surface area contributed by atoms with E-state index in [0.717, 1.165) is 0 Å². The van der Waals surface area contributed by atoms with Gasteiger partial charge in [-0.2, -0.15) is 8.42 Å². The number of halogens is 1. The Bertz CT molecular complexity index is 969. The molecule has 1 aliphatic rings. The maximum absolute atomic E-state index is 12.2. The molecule has 0 fully saturated rings. The molecule has 9 heteroatoms. The molecule has 3 rings (SSSR count). The number of phenols is 1. The number of carbonyl (C=O) groups is 1. The molecule has 2 aromatic carbocycles. The van der Waals surface area contributed by atoms with Crippen LogP contribution in [0.5, 0.6) is 5.75 Å². The molecule has 0 aliphatic carbocycles. The number of nitrogens with zero attached hydrogens (tertiary/aromatic N) is 1. The number of sulfonamides is 1. The lowest BCUT2D eigenvalue weighted by molar-refractivity contribution is 0.101. The minimum Gasteiger partial charge on any atom is -0.506 e. The van der Waals surface area contributed by atoms with Crippen molar-refractivity contribution in [3.63, 3.8) is 0 Å². The highest BCUT2D eigenvalue weighted by Crippen LogP contribution is 2.37. The van der Waals surface area contributed by atoms with Crippen molar-refractivity contribution >= 4 is 44.7 Å². The number of rotatable bonds is 2. The zero-order valence-electron chi connectivity index (χ0n) is 12.4. The molecule has 0 amide bonds. The molecular formula is C15H12ClN3O4S. The van der Waals surface area contributed by atoms with Crippen molar-refractivity contribution in [3.8, 4) is 5.75 Å². The Morgan fingerprint density at radius 3 is 2.54 bits per heavy atom. The third-order valence-electron chi connectivity index (χ3n) is 3.33. The maximum atomic E-state index is 12.2. The van der Waals surface area contributed by atoms with E-state index in [1.165, 1.54) is 19.1 Å². The van der Waals surface area contributed by atoms with E-state index in [0.29, 0.717) is 11.3 Å². The Kier molecular flexibility index (Phi) is 3.94. The van der Waals surface area contributed by atoms with E-state index < -0.39 is 10.0 Å². The standard InChI is InChI=1S/C15H12ClN3O4S/c1-8(20)9-2-4-11(5-3-9)17-15-18-14-12(21)6-10(16)7-13(14)24(22,23)19-15/h2-7,21H,1H3,(H2,17,18,19). The lowest BCUT2D eigenvalue weighted by Gasteiger charge is -2.20. The van der Waals surface area contributed by atoms with E-state index in [-0.39, 0.29) is 33.1 Å². The summed E-state index contributed by atoms with van der Waals surface area (Å²) in [5, 5.41) is 15.5. The molecule has 0 atom stereocenters. The fraction of sp³-hybridized carbons (Fsp3) is 0.0667. The van der Waals surface area contributed by atoms with Gasteiger partial charge in [0.25, 0.3) is 10.0 Å². The van der Waals surface area contributed by atoms with E-state index in [2.05, 4.69) is 15.0 Å². The van der Waals surface area contributed by atoms with E-state index >= 15 is 0 Å². The number of ketones is 1. The van der Waals surface area contributed by atoms with Gasteiger partial charge in [-0.1, -0.05) is 11.6 Å². The average molecular weight is 366 g/mol. The molecule has 0 spiro atoms. The van der Waals surface area contributed by atoms with Crippen LogP contribution in [0.15, 0.2) is 45.7 Å². The van der Waals surface area contributed by atoms with E-state index in [1.807, 2.05) is 0 Å². The summed E-state index contributed by atoms with van der Waals surface area (Å²) in [6.07, 6.45) is 0. The summed E-state index contributed by atoms with van der Waals surface area (Å²) >= 11 is 5.77. The normalized spacial score (nSPS) is 15.0. The van der Waals surface area contributed by atoms with Gasteiger partial charge in [0.15, 0.2) is 5.78 Å². The first-order valence-corrected chi connectivity index (χ1v) is 8.60. The zero-order chi connectivity index (χ0) is 17.5. The molecule has 24 heavy (non-hydrogen) atoms. The Morgan fingerprint density at radius 2 is 1.92 bits per heavy atom. The van der Waals surface area contributed by atoms with Gasteiger partial charge in [-0.15, -0.1) is 4.40 Å². The maximum Gasteiger partial charge on any atom is 0.287 e. The molecule has 1 aliphatic heterocycles. The molecule has 0 aromatic heterocycles. The van der Waals surface area contributed by atoms with Crippen LogP contribution >= 0.6 is 11.6 Å². The van der Waals surface area contributed by atoms with Crippen molar-refractivity contribution in [2.75, 3.05) is 10.6 Å². The summed E-state index contributed by atoms with van der Waals surface area (Å²) in [4.78, 5) is 11.1. The van der Waals surface area contributed by atoms with Crippen LogP contribution in [0.25, 0.3) is 0 Å². The summed E-state index contributed by atoms with van der Waals surface area (Å²) in [5.74, 6) is -0.453. The van der Waals surface area contributed by atoms with Gasteiger partial charge in [-0.05, 0) is 37.3 Å². The second kappa shape index (κ2) is 5.81. The summed E-state index contributed by atoms with van der Waals surface area (Å²) in [7, 11) is -4.01. The topological polar surface area (TPSA) is 108 Å². The van der Waals surface area contributed by atoms with Crippen molar-refractivity contribution in [2.45, 2.75) is 11.8 Å². The highest BCUT2D eigenvalue weighted by atomic mass is 35.5. The molecule has 3 N–H and O–H groups in total. The van der Waals surface area contributed by atoms with Crippen LogP contribution in [0.1, 0.15) is 17.3 Å². The third-order valence-corrected chi connectivity index (χ3v) is 4.85. The Labute approximate surface area is 143 Å². The number of hydrogen-bond donors (Lipinski definition) is 3. The van der Waals surface area contributed by atoms with Crippen molar-refractivity contribution < 1.29 is 18.3 Å². The second-order valence-electron chi connectivity index (χ2n) is 5.10. The third kappa shape index (κ3) is 3.06. The van der Waals surface area contributed by atoms with Crippen molar-refractivity contribution in [2.24, 2.45) is 4.40 Å². The fourth-order valence-corrected chi connectivity index (χ4v) is 3.58. The summed E-state index contributed by atoms with van der Waals surface area (Å²) in [6.45, 7) is 1.45. The van der Waals surface area contributed by atoms with Crippen molar-refractivity contribution in [1.82, 2.24) is 0 Å². The summed E-state index contributed by atoms with van der Waals surface area (Å²) < 4.78 is 28.1. The number of benzene rings is 2. The largest absolute Gasteiger partial charge is 0.506 e. The van der Waals surface area contributed by atoms with Crippen LogP contribution in [0.2, 0.25) is 5.02 Å². The molecule has 0 unspecified atom stereocenters.